The van der Waals surface area contributed by atoms with E-state index in [1.165, 1.54) is 25.6 Å². The van der Waals surface area contributed by atoms with E-state index in [1.54, 1.807) is 0 Å². The molecule has 0 radical (unpaired) electrons. The van der Waals surface area contributed by atoms with Crippen molar-refractivity contribution in [2.45, 2.75) is 18.6 Å². The van der Waals surface area contributed by atoms with Gasteiger partial charge in [-0.25, -0.2) is 4.79 Å². The fourth-order valence-corrected chi connectivity index (χ4v) is 2.15. The van der Waals surface area contributed by atoms with Crippen LogP contribution in [0.3, 0.4) is 0 Å². The molecule has 1 aliphatic heterocycles. The minimum atomic E-state index is -1.13. The largest absolute Gasteiger partial charge is 0.494 e. The van der Waals surface area contributed by atoms with Gasteiger partial charge in [-0.15, -0.1) is 0 Å². The summed E-state index contributed by atoms with van der Waals surface area (Å²) in [5, 5.41) is 18.6. The molecule has 1 aliphatic rings. The summed E-state index contributed by atoms with van der Waals surface area (Å²) in [5.74, 6) is -1.33. The average molecular weight is 266 g/mol. The van der Waals surface area contributed by atoms with E-state index in [-0.39, 0.29) is 24.3 Å². The summed E-state index contributed by atoms with van der Waals surface area (Å²) >= 11 is 0. The Kier molecular flexibility index (Phi) is 3.66. The zero-order chi connectivity index (χ0) is 14.0. The number of hydrogen-bond donors (Lipinski definition) is 2. The maximum Gasteiger partial charge on any atom is 0.326 e. The van der Waals surface area contributed by atoms with Crippen LogP contribution in [-0.2, 0) is 4.79 Å². The maximum absolute atomic E-state index is 12.3. The molecule has 1 amide bonds. The van der Waals surface area contributed by atoms with E-state index in [0.29, 0.717) is 0 Å². The van der Waals surface area contributed by atoms with Gasteiger partial charge in [0.05, 0.1) is 25.0 Å². The highest BCUT2D eigenvalue weighted by atomic mass is 16.5. The number of aromatic nitrogens is 1. The first kappa shape index (κ1) is 13.3. The van der Waals surface area contributed by atoms with E-state index >= 15 is 0 Å². The maximum atomic E-state index is 12.3. The molecule has 0 aliphatic carbocycles. The van der Waals surface area contributed by atoms with Crippen LogP contribution in [0.1, 0.15) is 16.8 Å². The molecule has 0 bridgehead atoms. The van der Waals surface area contributed by atoms with Crippen molar-refractivity contribution in [3.8, 4) is 5.75 Å². The molecule has 1 aromatic heterocycles. The molecule has 1 aromatic rings. The predicted molar refractivity (Wildman–Crippen MR) is 63.9 cm³/mol. The SMILES string of the molecule is COc1cnccc1C(=O)N1C[C@H](O)C[C@H]1C(=O)O. The Morgan fingerprint density at radius 2 is 2.26 bits per heavy atom. The number of methoxy groups -OCH3 is 1. The molecular weight excluding hydrogens is 252 g/mol. The number of likely N-dealkylation sites (tertiary alicyclic amines) is 1. The minimum Gasteiger partial charge on any atom is -0.494 e. The highest BCUT2D eigenvalue weighted by Gasteiger charge is 2.39. The van der Waals surface area contributed by atoms with Gasteiger partial charge in [0.1, 0.15) is 11.8 Å². The molecule has 102 valence electrons. The van der Waals surface area contributed by atoms with E-state index in [1.807, 2.05) is 0 Å². The number of amides is 1. The second kappa shape index (κ2) is 5.23. The van der Waals surface area contributed by atoms with Gasteiger partial charge in [0.2, 0.25) is 0 Å². The smallest absolute Gasteiger partial charge is 0.326 e. The first-order valence-corrected chi connectivity index (χ1v) is 5.74. The van der Waals surface area contributed by atoms with Crippen LogP contribution < -0.4 is 4.74 Å². The first-order valence-electron chi connectivity index (χ1n) is 5.74. The number of β-amino-alcohol motifs (C(OH)–C–C–N with tert-alkyl or cyclic N) is 1. The summed E-state index contributed by atoms with van der Waals surface area (Å²) in [4.78, 5) is 28.4. The number of carbonyl (C=O) groups excluding carboxylic acids is 1. The molecule has 7 nitrogen and oxygen atoms in total. The fraction of sp³-hybridized carbons (Fsp3) is 0.417. The van der Waals surface area contributed by atoms with Crippen LogP contribution in [0, 0.1) is 0 Å². The Labute approximate surface area is 109 Å². The Bertz CT molecular complexity index is 505. The topological polar surface area (TPSA) is 100.0 Å². The second-order valence-electron chi connectivity index (χ2n) is 4.28. The fourth-order valence-electron chi connectivity index (χ4n) is 2.15. The molecule has 0 saturated carbocycles. The zero-order valence-electron chi connectivity index (χ0n) is 10.3. The lowest BCUT2D eigenvalue weighted by Crippen LogP contribution is -2.40. The van der Waals surface area contributed by atoms with Crippen molar-refractivity contribution in [3.63, 3.8) is 0 Å². The Balaban J connectivity index is 2.30. The van der Waals surface area contributed by atoms with Crippen molar-refractivity contribution >= 4 is 11.9 Å². The summed E-state index contributed by atoms with van der Waals surface area (Å²) in [5.41, 5.74) is 0.234. The van der Waals surface area contributed by atoms with Crippen LogP contribution in [-0.4, -0.2) is 57.8 Å². The molecular formula is C12H14N2O5. The van der Waals surface area contributed by atoms with Gasteiger partial charge in [-0.2, -0.15) is 0 Å². The molecule has 2 N–H and O–H groups in total. The monoisotopic (exact) mass is 266 g/mol. The third-order valence-electron chi connectivity index (χ3n) is 3.06. The average Bonchev–Trinajstić information content (AvgIpc) is 2.80. The summed E-state index contributed by atoms with van der Waals surface area (Å²) in [6.45, 7) is 0.00127. The van der Waals surface area contributed by atoms with E-state index < -0.39 is 24.0 Å². The highest BCUT2D eigenvalue weighted by Crippen LogP contribution is 2.24. The highest BCUT2D eigenvalue weighted by molar-refractivity contribution is 5.99. The van der Waals surface area contributed by atoms with Crippen LogP contribution >= 0.6 is 0 Å². The van der Waals surface area contributed by atoms with Gasteiger partial charge in [-0.1, -0.05) is 0 Å². The molecule has 2 rings (SSSR count). The van der Waals surface area contributed by atoms with E-state index in [4.69, 9.17) is 9.84 Å². The number of nitrogens with zero attached hydrogens (tertiary/aromatic N) is 2. The second-order valence-corrected chi connectivity index (χ2v) is 4.28. The number of aliphatic hydroxyl groups is 1. The number of aliphatic hydroxyl groups excluding tert-OH is 1. The van der Waals surface area contributed by atoms with Crippen molar-refractivity contribution in [1.82, 2.24) is 9.88 Å². The predicted octanol–water partition coefficient (Wildman–Crippen LogP) is -0.250. The molecule has 19 heavy (non-hydrogen) atoms. The number of hydrogen-bond acceptors (Lipinski definition) is 5. The van der Waals surface area contributed by atoms with Crippen LogP contribution in [0.25, 0.3) is 0 Å². The van der Waals surface area contributed by atoms with Crippen LogP contribution in [0.15, 0.2) is 18.5 Å². The molecule has 7 heteroatoms. The van der Waals surface area contributed by atoms with Gasteiger partial charge in [-0.05, 0) is 6.07 Å². The van der Waals surface area contributed by atoms with Crippen molar-refractivity contribution < 1.29 is 24.5 Å². The van der Waals surface area contributed by atoms with Crippen molar-refractivity contribution in [3.05, 3.63) is 24.0 Å². The summed E-state index contributed by atoms with van der Waals surface area (Å²) in [6, 6.07) is 0.450. The van der Waals surface area contributed by atoms with E-state index in [9.17, 15) is 14.7 Å². The molecule has 0 aromatic carbocycles. The quantitative estimate of drug-likeness (QED) is 0.782. The Morgan fingerprint density at radius 1 is 1.53 bits per heavy atom. The summed E-state index contributed by atoms with van der Waals surface area (Å²) in [6.07, 6.45) is 2.03. The van der Waals surface area contributed by atoms with Gasteiger partial charge in [0, 0.05) is 19.2 Å². The standard InChI is InChI=1S/C12H14N2O5/c1-19-10-5-13-3-2-8(10)11(16)14-6-7(15)4-9(14)12(17)18/h2-3,5,7,9,15H,4,6H2,1H3,(H,17,18)/t7-,9+/m1/s1. The number of rotatable bonds is 3. The number of ether oxygens (including phenoxy) is 1. The van der Waals surface area contributed by atoms with Gasteiger partial charge in [-0.3, -0.25) is 9.78 Å². The van der Waals surface area contributed by atoms with E-state index in [0.717, 1.165) is 4.90 Å². The third kappa shape index (κ3) is 2.50. The van der Waals surface area contributed by atoms with Crippen LogP contribution in [0.2, 0.25) is 0 Å². The molecule has 0 unspecified atom stereocenters. The minimum absolute atomic E-state index is 0.00127. The Morgan fingerprint density at radius 3 is 2.89 bits per heavy atom. The summed E-state index contributed by atoms with van der Waals surface area (Å²) < 4.78 is 5.03. The third-order valence-corrected chi connectivity index (χ3v) is 3.06. The van der Waals surface area contributed by atoms with Gasteiger partial charge in [0.25, 0.3) is 5.91 Å². The van der Waals surface area contributed by atoms with Crippen LogP contribution in [0.5, 0.6) is 5.75 Å². The van der Waals surface area contributed by atoms with Gasteiger partial charge >= 0.3 is 5.97 Å². The van der Waals surface area contributed by atoms with Gasteiger partial charge in [0.15, 0.2) is 0 Å². The zero-order valence-corrected chi connectivity index (χ0v) is 10.3. The molecule has 0 spiro atoms. The van der Waals surface area contributed by atoms with E-state index in [2.05, 4.69) is 4.98 Å². The number of aliphatic carboxylic acids is 1. The van der Waals surface area contributed by atoms with Crippen molar-refractivity contribution in [1.29, 1.82) is 0 Å². The number of carboxylic acid groups (broad SMARTS) is 1. The van der Waals surface area contributed by atoms with Crippen LogP contribution in [0.4, 0.5) is 0 Å². The molecule has 1 fully saturated rings. The molecule has 1 saturated heterocycles. The lowest BCUT2D eigenvalue weighted by Gasteiger charge is -2.21. The first-order chi connectivity index (χ1) is 9.04. The number of pyridine rings is 1. The normalized spacial score (nSPS) is 22.3. The number of carbonyl (C=O) groups is 2. The Hall–Kier alpha value is -2.15. The lowest BCUT2D eigenvalue weighted by molar-refractivity contribution is -0.141. The van der Waals surface area contributed by atoms with Crippen molar-refractivity contribution in [2.75, 3.05) is 13.7 Å². The molecule has 2 atom stereocenters. The van der Waals surface area contributed by atoms with Gasteiger partial charge < -0.3 is 19.8 Å². The number of carboxylic acids is 1. The molecule has 2 heterocycles. The summed E-state index contributed by atoms with van der Waals surface area (Å²) in [7, 11) is 1.40. The lowest BCUT2D eigenvalue weighted by atomic mass is 10.1. The van der Waals surface area contributed by atoms with Crippen molar-refractivity contribution in [2.24, 2.45) is 0 Å².